The number of hydrogen-bond acceptors (Lipinski definition) is 6. The summed E-state index contributed by atoms with van der Waals surface area (Å²) in [5, 5.41) is 7.82. The molecular formula is C18H19N7O. The largest absolute Gasteiger partial charge is 0.348 e. The SMILES string of the molecule is Cn1nc(CNc2ncccn2)c2c1CN(C(=O)c1ccncc1)CC2. The molecule has 0 unspecified atom stereocenters. The summed E-state index contributed by atoms with van der Waals surface area (Å²) in [6, 6.07) is 5.27. The second-order valence-electron chi connectivity index (χ2n) is 6.13. The van der Waals surface area contributed by atoms with Crippen molar-refractivity contribution in [2.24, 2.45) is 7.05 Å². The Kier molecular flexibility index (Phi) is 4.30. The van der Waals surface area contributed by atoms with Crippen LogP contribution < -0.4 is 5.32 Å². The van der Waals surface area contributed by atoms with Gasteiger partial charge in [-0.3, -0.25) is 14.5 Å². The van der Waals surface area contributed by atoms with Crippen LogP contribution in [0.3, 0.4) is 0 Å². The van der Waals surface area contributed by atoms with Crippen LogP contribution in [0.1, 0.15) is 27.3 Å². The molecule has 0 aliphatic carbocycles. The van der Waals surface area contributed by atoms with Crippen LogP contribution >= 0.6 is 0 Å². The van der Waals surface area contributed by atoms with E-state index < -0.39 is 0 Å². The number of hydrogen-bond donors (Lipinski definition) is 1. The van der Waals surface area contributed by atoms with Gasteiger partial charge in [-0.25, -0.2) is 9.97 Å². The van der Waals surface area contributed by atoms with E-state index in [1.54, 1.807) is 43.0 Å². The number of rotatable bonds is 4. The molecule has 132 valence electrons. The average molecular weight is 349 g/mol. The second-order valence-corrected chi connectivity index (χ2v) is 6.13. The van der Waals surface area contributed by atoms with Gasteiger partial charge in [0.05, 0.1) is 24.5 Å². The topological polar surface area (TPSA) is 88.8 Å². The van der Waals surface area contributed by atoms with Crippen LogP contribution in [0.5, 0.6) is 0 Å². The van der Waals surface area contributed by atoms with E-state index in [1.165, 1.54) is 5.56 Å². The van der Waals surface area contributed by atoms with Crippen LogP contribution in [0.4, 0.5) is 5.95 Å². The summed E-state index contributed by atoms with van der Waals surface area (Å²) < 4.78 is 1.87. The maximum atomic E-state index is 12.7. The lowest BCUT2D eigenvalue weighted by molar-refractivity contribution is 0.0730. The van der Waals surface area contributed by atoms with Crippen molar-refractivity contribution in [3.05, 3.63) is 65.5 Å². The Balaban J connectivity index is 1.50. The molecule has 4 rings (SSSR count). The van der Waals surface area contributed by atoms with Gasteiger partial charge in [-0.1, -0.05) is 0 Å². The summed E-state index contributed by atoms with van der Waals surface area (Å²) in [7, 11) is 1.92. The molecule has 8 nitrogen and oxygen atoms in total. The first-order valence-electron chi connectivity index (χ1n) is 8.46. The minimum atomic E-state index is 0.0246. The summed E-state index contributed by atoms with van der Waals surface area (Å²) in [6.45, 7) is 1.79. The van der Waals surface area contributed by atoms with Crippen molar-refractivity contribution in [3.8, 4) is 0 Å². The van der Waals surface area contributed by atoms with Crippen molar-refractivity contribution < 1.29 is 4.79 Å². The lowest BCUT2D eigenvalue weighted by Crippen LogP contribution is -2.36. The number of fused-ring (bicyclic) bond motifs is 1. The van der Waals surface area contributed by atoms with E-state index in [9.17, 15) is 4.79 Å². The van der Waals surface area contributed by atoms with Crippen molar-refractivity contribution in [2.45, 2.75) is 19.5 Å². The van der Waals surface area contributed by atoms with Crippen LogP contribution in [0.25, 0.3) is 0 Å². The molecule has 1 aliphatic heterocycles. The minimum absolute atomic E-state index is 0.0246. The van der Waals surface area contributed by atoms with E-state index >= 15 is 0 Å². The van der Waals surface area contributed by atoms with E-state index in [1.807, 2.05) is 16.6 Å². The van der Waals surface area contributed by atoms with Gasteiger partial charge in [0.1, 0.15) is 0 Å². The minimum Gasteiger partial charge on any atom is -0.348 e. The van der Waals surface area contributed by atoms with Crippen LogP contribution in [0, 0.1) is 0 Å². The molecule has 0 bridgehead atoms. The molecule has 1 N–H and O–H groups in total. The molecule has 0 spiro atoms. The molecule has 8 heteroatoms. The summed E-state index contributed by atoms with van der Waals surface area (Å²) in [5.74, 6) is 0.605. The first-order chi connectivity index (χ1) is 12.7. The lowest BCUT2D eigenvalue weighted by atomic mass is 10.0. The third-order valence-corrected chi connectivity index (χ3v) is 4.52. The fourth-order valence-electron chi connectivity index (χ4n) is 3.20. The summed E-state index contributed by atoms with van der Waals surface area (Å²) in [6.07, 6.45) is 7.47. The Bertz CT molecular complexity index is 908. The second kappa shape index (κ2) is 6.91. The summed E-state index contributed by atoms with van der Waals surface area (Å²) in [5.41, 5.74) is 3.92. The van der Waals surface area contributed by atoms with Gasteiger partial charge < -0.3 is 10.2 Å². The molecule has 26 heavy (non-hydrogen) atoms. The Morgan fingerprint density at radius 2 is 1.96 bits per heavy atom. The van der Waals surface area contributed by atoms with E-state index in [0.29, 0.717) is 31.1 Å². The third-order valence-electron chi connectivity index (χ3n) is 4.52. The summed E-state index contributed by atoms with van der Waals surface area (Å²) in [4.78, 5) is 26.8. The van der Waals surface area contributed by atoms with Crippen molar-refractivity contribution in [1.29, 1.82) is 0 Å². The smallest absolute Gasteiger partial charge is 0.254 e. The molecule has 0 atom stereocenters. The number of carbonyl (C=O) groups excluding carboxylic acids is 1. The number of nitrogens with zero attached hydrogens (tertiary/aromatic N) is 6. The van der Waals surface area contributed by atoms with Gasteiger partial charge in [0.15, 0.2) is 0 Å². The molecule has 4 heterocycles. The third kappa shape index (κ3) is 3.13. The molecule has 0 saturated carbocycles. The normalized spacial score (nSPS) is 13.3. The van der Waals surface area contributed by atoms with Crippen LogP contribution in [0.2, 0.25) is 0 Å². The number of anilines is 1. The Morgan fingerprint density at radius 1 is 1.19 bits per heavy atom. The predicted octanol–water partition coefficient (Wildman–Crippen LogP) is 1.42. The highest BCUT2D eigenvalue weighted by molar-refractivity contribution is 5.94. The van der Waals surface area contributed by atoms with Gasteiger partial charge >= 0.3 is 0 Å². The molecule has 1 amide bonds. The Labute approximate surface area is 150 Å². The van der Waals surface area contributed by atoms with Gasteiger partial charge in [-0.2, -0.15) is 5.10 Å². The number of pyridine rings is 1. The Morgan fingerprint density at radius 3 is 2.73 bits per heavy atom. The molecule has 0 radical (unpaired) electrons. The zero-order valence-electron chi connectivity index (χ0n) is 14.5. The lowest BCUT2D eigenvalue weighted by Gasteiger charge is -2.27. The van der Waals surface area contributed by atoms with Crippen LogP contribution in [-0.2, 0) is 26.6 Å². The fraction of sp³-hybridized carbons (Fsp3) is 0.278. The molecule has 0 saturated heterocycles. The number of aryl methyl sites for hydroxylation is 1. The standard InChI is InChI=1S/C18H19N7O/c1-24-16-12-25(17(26)13-3-8-19-9-4-13)10-5-14(16)15(23-24)11-22-18-20-6-2-7-21-18/h2-4,6-9H,5,10-12H2,1H3,(H,20,21,22). The molecule has 0 fully saturated rings. The maximum Gasteiger partial charge on any atom is 0.254 e. The van der Waals surface area contributed by atoms with E-state index in [-0.39, 0.29) is 5.91 Å². The van der Waals surface area contributed by atoms with Crippen LogP contribution in [0.15, 0.2) is 43.0 Å². The highest BCUT2D eigenvalue weighted by atomic mass is 16.2. The zero-order chi connectivity index (χ0) is 17.9. The molecule has 1 aliphatic rings. The molecular weight excluding hydrogens is 330 g/mol. The molecule has 0 aromatic carbocycles. The first kappa shape index (κ1) is 16.2. The monoisotopic (exact) mass is 349 g/mol. The van der Waals surface area contributed by atoms with E-state index in [4.69, 9.17) is 0 Å². The Hall–Kier alpha value is -3.29. The zero-order valence-corrected chi connectivity index (χ0v) is 14.5. The average Bonchev–Trinajstić information content (AvgIpc) is 3.02. The van der Waals surface area contributed by atoms with Crippen LogP contribution in [-0.4, -0.2) is 42.1 Å². The number of amides is 1. The van der Waals surface area contributed by atoms with Crippen molar-refractivity contribution in [1.82, 2.24) is 29.6 Å². The number of aromatic nitrogens is 5. The van der Waals surface area contributed by atoms with Gasteiger partial charge in [-0.15, -0.1) is 0 Å². The van der Waals surface area contributed by atoms with E-state index in [2.05, 4.69) is 25.4 Å². The van der Waals surface area contributed by atoms with Gasteiger partial charge in [0, 0.05) is 49.5 Å². The molecule has 3 aromatic heterocycles. The quantitative estimate of drug-likeness (QED) is 0.766. The van der Waals surface area contributed by atoms with Gasteiger partial charge in [0.2, 0.25) is 5.95 Å². The fourth-order valence-corrected chi connectivity index (χ4v) is 3.20. The predicted molar refractivity (Wildman–Crippen MR) is 95.2 cm³/mol. The summed E-state index contributed by atoms with van der Waals surface area (Å²) >= 11 is 0. The maximum absolute atomic E-state index is 12.7. The van der Waals surface area contributed by atoms with Crippen molar-refractivity contribution >= 4 is 11.9 Å². The van der Waals surface area contributed by atoms with Crippen molar-refractivity contribution in [2.75, 3.05) is 11.9 Å². The van der Waals surface area contributed by atoms with Crippen molar-refractivity contribution in [3.63, 3.8) is 0 Å². The molecule has 3 aromatic rings. The number of carbonyl (C=O) groups is 1. The highest BCUT2D eigenvalue weighted by Crippen LogP contribution is 2.23. The number of nitrogens with one attached hydrogen (secondary N) is 1. The van der Waals surface area contributed by atoms with Gasteiger partial charge in [0.25, 0.3) is 5.91 Å². The highest BCUT2D eigenvalue weighted by Gasteiger charge is 2.27. The van der Waals surface area contributed by atoms with Gasteiger partial charge in [-0.05, 0) is 24.6 Å². The van der Waals surface area contributed by atoms with E-state index in [0.717, 1.165) is 17.8 Å². The first-order valence-corrected chi connectivity index (χ1v) is 8.46.